The first-order valence-electron chi connectivity index (χ1n) is 11.7. The Balaban J connectivity index is 1.37. The van der Waals surface area contributed by atoms with Crippen molar-refractivity contribution in [2.24, 2.45) is 0 Å². The summed E-state index contributed by atoms with van der Waals surface area (Å²) < 4.78 is 0. The monoisotopic (exact) mass is 462 g/mol. The molecule has 8 nitrogen and oxygen atoms in total. The summed E-state index contributed by atoms with van der Waals surface area (Å²) in [5, 5.41) is 5.41. The smallest absolute Gasteiger partial charge is 0.325 e. The van der Waals surface area contributed by atoms with Crippen molar-refractivity contribution in [3.8, 4) is 0 Å². The molecule has 0 bridgehead atoms. The van der Waals surface area contributed by atoms with E-state index in [1.165, 1.54) is 0 Å². The summed E-state index contributed by atoms with van der Waals surface area (Å²) in [7, 11) is 0. The number of likely N-dealkylation sites (tertiary alicyclic amines) is 1. The number of aryl methyl sites for hydroxylation is 1. The Morgan fingerprint density at radius 1 is 0.941 bits per heavy atom. The van der Waals surface area contributed by atoms with Crippen LogP contribution in [0.2, 0.25) is 0 Å². The zero-order chi connectivity index (χ0) is 24.3. The van der Waals surface area contributed by atoms with Gasteiger partial charge in [-0.25, -0.2) is 4.79 Å². The molecule has 2 aliphatic rings. The second-order valence-corrected chi connectivity index (χ2v) is 9.14. The molecule has 0 aromatic heterocycles. The van der Waals surface area contributed by atoms with Crippen molar-refractivity contribution < 1.29 is 19.2 Å². The SMILES string of the molecule is Cc1ccc(C2(C)NC(=O)N(CC(=O)Nc3ccc(C(=O)N4CCCCCC4)cc3)C2=O)cc1. The third kappa shape index (κ3) is 4.81. The lowest BCUT2D eigenvalue weighted by Gasteiger charge is -2.22. The van der Waals surface area contributed by atoms with Crippen LogP contribution in [-0.2, 0) is 15.1 Å². The highest BCUT2D eigenvalue weighted by Crippen LogP contribution is 2.29. The van der Waals surface area contributed by atoms with Crippen LogP contribution < -0.4 is 10.6 Å². The minimum atomic E-state index is -1.22. The lowest BCUT2D eigenvalue weighted by Crippen LogP contribution is -2.42. The second kappa shape index (κ2) is 9.67. The lowest BCUT2D eigenvalue weighted by molar-refractivity contribution is -0.133. The molecule has 0 aliphatic carbocycles. The van der Waals surface area contributed by atoms with Crippen LogP contribution >= 0.6 is 0 Å². The average molecular weight is 463 g/mol. The van der Waals surface area contributed by atoms with E-state index in [2.05, 4.69) is 10.6 Å². The Kier molecular flexibility index (Phi) is 6.68. The molecule has 2 aromatic carbocycles. The van der Waals surface area contributed by atoms with Gasteiger partial charge in [-0.05, 0) is 56.5 Å². The molecule has 0 spiro atoms. The molecule has 2 aromatic rings. The number of nitrogens with one attached hydrogen (secondary N) is 2. The minimum absolute atomic E-state index is 0.00509. The number of benzene rings is 2. The van der Waals surface area contributed by atoms with E-state index in [4.69, 9.17) is 0 Å². The van der Waals surface area contributed by atoms with E-state index in [0.717, 1.165) is 49.2 Å². The molecule has 0 saturated carbocycles. The third-order valence-electron chi connectivity index (χ3n) is 6.51. The van der Waals surface area contributed by atoms with Crippen molar-refractivity contribution in [2.45, 2.75) is 45.1 Å². The predicted octanol–water partition coefficient (Wildman–Crippen LogP) is 3.42. The highest BCUT2D eigenvalue weighted by atomic mass is 16.2. The normalized spacial score (nSPS) is 20.6. The fourth-order valence-electron chi connectivity index (χ4n) is 4.42. The van der Waals surface area contributed by atoms with Crippen molar-refractivity contribution >= 4 is 29.4 Å². The van der Waals surface area contributed by atoms with Gasteiger partial charge in [0.25, 0.3) is 11.8 Å². The van der Waals surface area contributed by atoms with Gasteiger partial charge < -0.3 is 15.5 Å². The van der Waals surface area contributed by atoms with Gasteiger partial charge in [0.2, 0.25) is 5.91 Å². The number of carbonyl (C=O) groups is 4. The number of nitrogens with zero attached hydrogens (tertiary/aromatic N) is 2. The first-order chi connectivity index (χ1) is 16.3. The minimum Gasteiger partial charge on any atom is -0.339 e. The van der Waals surface area contributed by atoms with Gasteiger partial charge in [0.05, 0.1) is 0 Å². The van der Waals surface area contributed by atoms with Gasteiger partial charge in [0.1, 0.15) is 12.1 Å². The quantitative estimate of drug-likeness (QED) is 0.665. The van der Waals surface area contributed by atoms with Gasteiger partial charge in [-0.1, -0.05) is 42.7 Å². The van der Waals surface area contributed by atoms with E-state index in [1.54, 1.807) is 43.3 Å². The molecule has 178 valence electrons. The number of amides is 5. The maximum atomic E-state index is 13.0. The zero-order valence-electron chi connectivity index (χ0n) is 19.6. The fourth-order valence-corrected chi connectivity index (χ4v) is 4.42. The Morgan fingerprint density at radius 3 is 2.18 bits per heavy atom. The summed E-state index contributed by atoms with van der Waals surface area (Å²) in [6, 6.07) is 13.4. The van der Waals surface area contributed by atoms with E-state index in [1.807, 2.05) is 24.0 Å². The van der Waals surface area contributed by atoms with Crippen LogP contribution in [-0.4, -0.2) is 53.2 Å². The molecule has 34 heavy (non-hydrogen) atoms. The van der Waals surface area contributed by atoms with Crippen molar-refractivity contribution in [1.82, 2.24) is 15.1 Å². The van der Waals surface area contributed by atoms with Gasteiger partial charge >= 0.3 is 6.03 Å². The molecule has 4 rings (SSSR count). The van der Waals surface area contributed by atoms with Crippen LogP contribution in [0, 0.1) is 6.92 Å². The summed E-state index contributed by atoms with van der Waals surface area (Å²) in [4.78, 5) is 53.7. The van der Waals surface area contributed by atoms with Gasteiger partial charge in [-0.15, -0.1) is 0 Å². The molecule has 0 radical (unpaired) electrons. The number of hydrogen-bond acceptors (Lipinski definition) is 4. The summed E-state index contributed by atoms with van der Waals surface area (Å²) in [6.45, 7) is 4.71. The van der Waals surface area contributed by atoms with E-state index in [9.17, 15) is 19.2 Å². The molecular weight excluding hydrogens is 432 g/mol. The molecule has 5 amide bonds. The topological polar surface area (TPSA) is 98.8 Å². The van der Waals surface area contributed by atoms with Crippen molar-refractivity contribution in [3.63, 3.8) is 0 Å². The van der Waals surface area contributed by atoms with Crippen molar-refractivity contribution in [3.05, 3.63) is 65.2 Å². The van der Waals surface area contributed by atoms with Gasteiger partial charge in [0.15, 0.2) is 0 Å². The van der Waals surface area contributed by atoms with Crippen molar-refractivity contribution in [1.29, 1.82) is 0 Å². The lowest BCUT2D eigenvalue weighted by atomic mass is 9.91. The van der Waals surface area contributed by atoms with Crippen LogP contribution in [0.1, 0.15) is 54.1 Å². The number of rotatable bonds is 5. The maximum absolute atomic E-state index is 13.0. The molecule has 2 aliphatic heterocycles. The summed E-state index contributed by atoms with van der Waals surface area (Å²) in [5.74, 6) is -0.979. The summed E-state index contributed by atoms with van der Waals surface area (Å²) in [5.41, 5.74) is 1.54. The highest BCUT2D eigenvalue weighted by Gasteiger charge is 2.49. The average Bonchev–Trinajstić information content (AvgIpc) is 3.02. The predicted molar refractivity (Wildman–Crippen MR) is 128 cm³/mol. The van der Waals surface area contributed by atoms with Crippen molar-refractivity contribution in [2.75, 3.05) is 25.0 Å². The van der Waals surface area contributed by atoms with Crippen LogP contribution in [0.4, 0.5) is 10.5 Å². The number of imide groups is 1. The summed E-state index contributed by atoms with van der Waals surface area (Å²) >= 11 is 0. The molecule has 1 unspecified atom stereocenters. The zero-order valence-corrected chi connectivity index (χ0v) is 19.6. The Hall–Kier alpha value is -3.68. The molecule has 2 heterocycles. The van der Waals surface area contributed by atoms with Gasteiger partial charge in [-0.2, -0.15) is 0 Å². The van der Waals surface area contributed by atoms with E-state index < -0.39 is 29.9 Å². The molecule has 2 fully saturated rings. The van der Waals surface area contributed by atoms with E-state index in [0.29, 0.717) is 16.8 Å². The molecule has 1 atom stereocenters. The Labute approximate surface area is 199 Å². The fraction of sp³-hybridized carbons (Fsp3) is 0.385. The van der Waals surface area contributed by atoms with Crippen LogP contribution in [0.15, 0.2) is 48.5 Å². The van der Waals surface area contributed by atoms with Gasteiger partial charge in [-0.3, -0.25) is 19.3 Å². The number of carbonyl (C=O) groups excluding carboxylic acids is 4. The third-order valence-corrected chi connectivity index (χ3v) is 6.51. The van der Waals surface area contributed by atoms with Gasteiger partial charge in [0, 0.05) is 24.3 Å². The van der Waals surface area contributed by atoms with E-state index >= 15 is 0 Å². The van der Waals surface area contributed by atoms with Crippen LogP contribution in [0.25, 0.3) is 0 Å². The summed E-state index contributed by atoms with van der Waals surface area (Å²) in [6.07, 6.45) is 4.34. The molecule has 8 heteroatoms. The second-order valence-electron chi connectivity index (χ2n) is 9.14. The molecule has 2 N–H and O–H groups in total. The first kappa shape index (κ1) is 23.5. The number of anilines is 1. The maximum Gasteiger partial charge on any atom is 0.325 e. The van der Waals surface area contributed by atoms with E-state index in [-0.39, 0.29) is 5.91 Å². The highest BCUT2D eigenvalue weighted by molar-refractivity contribution is 6.10. The Bertz CT molecular complexity index is 1090. The Morgan fingerprint density at radius 2 is 1.56 bits per heavy atom. The standard InChI is InChI=1S/C26H30N4O4/c1-18-7-11-20(12-8-18)26(2)24(33)30(25(34)28-26)17-22(31)27-21-13-9-19(10-14-21)23(32)29-15-5-3-4-6-16-29/h7-14H,3-6,15-17H2,1-2H3,(H,27,31)(H,28,34). The number of hydrogen-bond donors (Lipinski definition) is 2. The van der Waals surface area contributed by atoms with Crippen LogP contribution in [0.5, 0.6) is 0 Å². The largest absolute Gasteiger partial charge is 0.339 e. The molecular formula is C26H30N4O4. The molecule has 2 saturated heterocycles. The first-order valence-corrected chi connectivity index (χ1v) is 11.7. The number of urea groups is 1. The van der Waals surface area contributed by atoms with Crippen LogP contribution in [0.3, 0.4) is 0 Å².